The summed E-state index contributed by atoms with van der Waals surface area (Å²) >= 11 is 0. The van der Waals surface area contributed by atoms with Gasteiger partial charge in [-0.3, -0.25) is 19.7 Å². The van der Waals surface area contributed by atoms with Crippen LogP contribution in [0.3, 0.4) is 0 Å². The van der Waals surface area contributed by atoms with Crippen LogP contribution < -0.4 is 16.0 Å². The van der Waals surface area contributed by atoms with Gasteiger partial charge in [-0.15, -0.1) is 0 Å². The number of hydrogen-bond acceptors (Lipinski definition) is 4. The largest absolute Gasteiger partial charge is 0.357 e. The van der Waals surface area contributed by atoms with Gasteiger partial charge in [0.15, 0.2) is 0 Å². The minimum absolute atomic E-state index is 0.197. The standard InChI is InChI=1S/C18H34N4O4/c1-11(2)8-9-15(23)20-13(5)16(24)21-18(26)22(7)14(10-12(3)4)17(25)19-6/h11-14H,8-10H2,1-7H3,(H,19,25)(H,20,23)(H,21,24,26)/t13-,14+/m1/s1. The molecule has 2 atom stereocenters. The van der Waals surface area contributed by atoms with Gasteiger partial charge < -0.3 is 15.5 Å². The van der Waals surface area contributed by atoms with Crippen molar-refractivity contribution < 1.29 is 19.2 Å². The summed E-state index contributed by atoms with van der Waals surface area (Å²) in [5.41, 5.74) is 0. The van der Waals surface area contributed by atoms with Gasteiger partial charge in [-0.25, -0.2) is 4.79 Å². The summed E-state index contributed by atoms with van der Waals surface area (Å²) in [4.78, 5) is 49.5. The van der Waals surface area contributed by atoms with E-state index in [2.05, 4.69) is 16.0 Å². The number of imide groups is 1. The molecule has 5 amide bonds. The molecule has 0 bridgehead atoms. The summed E-state index contributed by atoms with van der Waals surface area (Å²) < 4.78 is 0. The van der Waals surface area contributed by atoms with Gasteiger partial charge >= 0.3 is 6.03 Å². The van der Waals surface area contributed by atoms with Gasteiger partial charge in [-0.05, 0) is 31.6 Å². The number of hydrogen-bond donors (Lipinski definition) is 3. The van der Waals surface area contributed by atoms with Crippen molar-refractivity contribution in [3.63, 3.8) is 0 Å². The van der Waals surface area contributed by atoms with E-state index in [9.17, 15) is 19.2 Å². The first-order chi connectivity index (χ1) is 12.0. The lowest BCUT2D eigenvalue weighted by atomic mass is 10.0. The fraction of sp³-hybridized carbons (Fsp3) is 0.778. The fourth-order valence-corrected chi connectivity index (χ4v) is 2.30. The van der Waals surface area contributed by atoms with E-state index in [1.165, 1.54) is 25.9 Å². The predicted octanol–water partition coefficient (Wildman–Crippen LogP) is 1.26. The van der Waals surface area contributed by atoms with Crippen molar-refractivity contribution in [3.8, 4) is 0 Å². The highest BCUT2D eigenvalue weighted by atomic mass is 16.2. The molecule has 0 saturated heterocycles. The summed E-state index contributed by atoms with van der Waals surface area (Å²) in [5.74, 6) is -0.547. The lowest BCUT2D eigenvalue weighted by Crippen LogP contribution is -2.54. The molecule has 0 heterocycles. The van der Waals surface area contributed by atoms with E-state index in [0.717, 1.165) is 6.42 Å². The molecule has 26 heavy (non-hydrogen) atoms. The molecule has 0 rings (SSSR count). The van der Waals surface area contributed by atoms with Gasteiger partial charge in [0.1, 0.15) is 12.1 Å². The summed E-state index contributed by atoms with van der Waals surface area (Å²) in [6, 6.07) is -2.19. The Morgan fingerprint density at radius 3 is 1.96 bits per heavy atom. The molecule has 8 heteroatoms. The van der Waals surface area contributed by atoms with E-state index in [1.807, 2.05) is 27.7 Å². The number of urea groups is 1. The van der Waals surface area contributed by atoms with Gasteiger partial charge in [0.05, 0.1) is 0 Å². The second-order valence-corrected chi connectivity index (χ2v) is 7.39. The summed E-state index contributed by atoms with van der Waals surface area (Å²) in [5, 5.41) is 7.34. The average molecular weight is 370 g/mol. The molecule has 0 fully saturated rings. The molecule has 0 radical (unpaired) electrons. The number of rotatable bonds is 9. The van der Waals surface area contributed by atoms with Crippen LogP contribution in [0.25, 0.3) is 0 Å². The smallest absolute Gasteiger partial charge is 0.324 e. The number of amides is 5. The highest BCUT2D eigenvalue weighted by Crippen LogP contribution is 2.11. The highest BCUT2D eigenvalue weighted by molar-refractivity contribution is 5.99. The van der Waals surface area contributed by atoms with E-state index in [0.29, 0.717) is 18.8 Å². The van der Waals surface area contributed by atoms with Crippen molar-refractivity contribution in [2.24, 2.45) is 11.8 Å². The minimum Gasteiger partial charge on any atom is -0.357 e. The third-order valence-corrected chi connectivity index (χ3v) is 3.98. The van der Waals surface area contributed by atoms with Crippen LogP contribution >= 0.6 is 0 Å². The van der Waals surface area contributed by atoms with Gasteiger partial charge in [0.2, 0.25) is 17.7 Å². The average Bonchev–Trinajstić information content (AvgIpc) is 2.55. The molecule has 0 spiro atoms. The van der Waals surface area contributed by atoms with Crippen LogP contribution in [0.2, 0.25) is 0 Å². The van der Waals surface area contributed by atoms with E-state index >= 15 is 0 Å². The summed E-state index contributed by atoms with van der Waals surface area (Å²) in [6.45, 7) is 9.43. The molecular weight excluding hydrogens is 336 g/mol. The number of carbonyl (C=O) groups excluding carboxylic acids is 4. The first-order valence-corrected chi connectivity index (χ1v) is 9.08. The quantitative estimate of drug-likeness (QED) is 0.568. The molecule has 150 valence electrons. The van der Waals surface area contributed by atoms with Crippen molar-refractivity contribution in [1.82, 2.24) is 20.9 Å². The SMILES string of the molecule is CNC(=O)[C@H](CC(C)C)N(C)C(=O)NC(=O)[C@@H](C)NC(=O)CCC(C)C. The number of carbonyl (C=O) groups is 4. The number of likely N-dealkylation sites (N-methyl/N-ethyl adjacent to an activating group) is 2. The lowest BCUT2D eigenvalue weighted by molar-refractivity contribution is -0.128. The Hall–Kier alpha value is -2.12. The van der Waals surface area contributed by atoms with Crippen molar-refractivity contribution in [1.29, 1.82) is 0 Å². The van der Waals surface area contributed by atoms with Crippen LogP contribution in [0.5, 0.6) is 0 Å². The molecule has 0 aliphatic heterocycles. The van der Waals surface area contributed by atoms with E-state index in [4.69, 9.17) is 0 Å². The van der Waals surface area contributed by atoms with Crippen molar-refractivity contribution >= 4 is 23.8 Å². The first kappa shape index (κ1) is 23.9. The van der Waals surface area contributed by atoms with Crippen molar-refractivity contribution in [2.45, 2.75) is 66.0 Å². The van der Waals surface area contributed by atoms with Crippen LogP contribution in [-0.4, -0.2) is 54.8 Å². The molecule has 3 N–H and O–H groups in total. The van der Waals surface area contributed by atoms with E-state index in [1.54, 1.807) is 0 Å². The molecule has 0 aliphatic carbocycles. The maximum absolute atomic E-state index is 12.3. The Morgan fingerprint density at radius 2 is 1.50 bits per heavy atom. The van der Waals surface area contributed by atoms with Crippen molar-refractivity contribution in [3.05, 3.63) is 0 Å². The zero-order chi connectivity index (χ0) is 20.4. The van der Waals surface area contributed by atoms with Gasteiger partial charge in [0.25, 0.3) is 0 Å². The highest BCUT2D eigenvalue weighted by Gasteiger charge is 2.28. The van der Waals surface area contributed by atoms with Gasteiger partial charge in [0, 0.05) is 20.5 Å². The zero-order valence-corrected chi connectivity index (χ0v) is 17.0. The van der Waals surface area contributed by atoms with Crippen molar-refractivity contribution in [2.75, 3.05) is 14.1 Å². The van der Waals surface area contributed by atoms with Crippen LogP contribution in [0.15, 0.2) is 0 Å². The third kappa shape index (κ3) is 8.82. The molecule has 0 aliphatic rings. The molecule has 0 saturated carbocycles. The minimum atomic E-state index is -0.837. The zero-order valence-electron chi connectivity index (χ0n) is 17.0. The number of nitrogens with zero attached hydrogens (tertiary/aromatic N) is 1. The molecule has 0 aromatic carbocycles. The van der Waals surface area contributed by atoms with Crippen LogP contribution in [0.1, 0.15) is 53.9 Å². The van der Waals surface area contributed by atoms with E-state index < -0.39 is 24.0 Å². The molecule has 0 aromatic rings. The normalized spacial score (nSPS) is 13.1. The Morgan fingerprint density at radius 1 is 0.923 bits per heavy atom. The predicted molar refractivity (Wildman–Crippen MR) is 100 cm³/mol. The Balaban J connectivity index is 4.72. The monoisotopic (exact) mass is 370 g/mol. The lowest BCUT2D eigenvalue weighted by Gasteiger charge is -2.28. The Kier molecular flexibility index (Phi) is 10.6. The number of nitrogens with one attached hydrogen (secondary N) is 3. The van der Waals surface area contributed by atoms with Crippen LogP contribution in [0.4, 0.5) is 4.79 Å². The Bertz CT molecular complexity index is 505. The summed E-state index contributed by atoms with van der Waals surface area (Å²) in [6.07, 6.45) is 1.53. The van der Waals surface area contributed by atoms with Crippen LogP contribution in [0, 0.1) is 11.8 Å². The maximum Gasteiger partial charge on any atom is 0.324 e. The van der Waals surface area contributed by atoms with Crippen LogP contribution in [-0.2, 0) is 14.4 Å². The summed E-state index contributed by atoms with van der Waals surface area (Å²) in [7, 11) is 2.97. The third-order valence-electron chi connectivity index (χ3n) is 3.98. The molecule has 0 aromatic heterocycles. The van der Waals surface area contributed by atoms with E-state index in [-0.39, 0.29) is 17.7 Å². The molecular formula is C18H34N4O4. The van der Waals surface area contributed by atoms with Gasteiger partial charge in [-0.1, -0.05) is 27.7 Å². The maximum atomic E-state index is 12.3. The molecule has 0 unspecified atom stereocenters. The second kappa shape index (κ2) is 11.5. The van der Waals surface area contributed by atoms with Gasteiger partial charge in [-0.2, -0.15) is 0 Å². The fourth-order valence-electron chi connectivity index (χ4n) is 2.30. The first-order valence-electron chi connectivity index (χ1n) is 9.08. The molecule has 8 nitrogen and oxygen atoms in total. The topological polar surface area (TPSA) is 108 Å². The second-order valence-electron chi connectivity index (χ2n) is 7.39. The Labute approximate surface area is 156 Å².